The molecule has 1 aromatic heterocycles. The molecule has 136 valence electrons. The Balaban J connectivity index is 1.35. The second-order valence-corrected chi connectivity index (χ2v) is 6.97. The predicted molar refractivity (Wildman–Crippen MR) is 108 cm³/mol. The van der Waals surface area contributed by atoms with Gasteiger partial charge in [0.1, 0.15) is 0 Å². The highest BCUT2D eigenvalue weighted by molar-refractivity contribution is 6.35. The monoisotopic (exact) mass is 389 g/mol. The zero-order valence-electron chi connectivity index (χ0n) is 14.3. The molecule has 0 aliphatic rings. The van der Waals surface area contributed by atoms with E-state index in [0.29, 0.717) is 29.7 Å². The van der Waals surface area contributed by atoms with Crippen LogP contribution >= 0.6 is 23.2 Å². The number of benzene rings is 2. The van der Waals surface area contributed by atoms with E-state index in [1.165, 1.54) is 10.9 Å². The summed E-state index contributed by atoms with van der Waals surface area (Å²) >= 11 is 12.0. The minimum absolute atomic E-state index is 0.00737. The maximum atomic E-state index is 11.9. The molecule has 0 fully saturated rings. The minimum atomic E-state index is -0.00737. The van der Waals surface area contributed by atoms with Gasteiger partial charge in [-0.25, -0.2) is 0 Å². The van der Waals surface area contributed by atoms with Crippen LogP contribution in [-0.2, 0) is 17.6 Å². The van der Waals surface area contributed by atoms with Crippen molar-refractivity contribution in [3.8, 4) is 0 Å². The van der Waals surface area contributed by atoms with Gasteiger partial charge in [-0.1, -0.05) is 47.5 Å². The van der Waals surface area contributed by atoms with Gasteiger partial charge < -0.3 is 15.6 Å². The first-order valence-corrected chi connectivity index (χ1v) is 9.35. The molecule has 0 saturated heterocycles. The minimum Gasteiger partial charge on any atom is -0.361 e. The standard InChI is InChI=1S/C20H21Cl2N3O/c21-16-6-5-14(18(22)11-16)7-9-23-13-20(26)24-10-8-15-12-25-19-4-2-1-3-17(15)19/h1-6,11-12,23,25H,7-10,13H2,(H,24,26). The lowest BCUT2D eigenvalue weighted by molar-refractivity contribution is -0.120. The largest absolute Gasteiger partial charge is 0.361 e. The van der Waals surface area contributed by atoms with Gasteiger partial charge in [0.05, 0.1) is 6.54 Å². The third kappa shape index (κ3) is 5.01. The van der Waals surface area contributed by atoms with E-state index in [9.17, 15) is 4.79 Å². The number of para-hydroxylation sites is 1. The first-order chi connectivity index (χ1) is 12.6. The summed E-state index contributed by atoms with van der Waals surface area (Å²) in [6.07, 6.45) is 3.56. The van der Waals surface area contributed by atoms with Crippen molar-refractivity contribution in [1.29, 1.82) is 0 Å². The molecule has 1 heterocycles. The number of halogens is 2. The Morgan fingerprint density at radius 1 is 1.00 bits per heavy atom. The molecule has 4 nitrogen and oxygen atoms in total. The Morgan fingerprint density at radius 2 is 1.81 bits per heavy atom. The molecular formula is C20H21Cl2N3O. The van der Waals surface area contributed by atoms with Gasteiger partial charge in [-0.2, -0.15) is 0 Å². The SMILES string of the molecule is O=C(CNCCc1ccc(Cl)cc1Cl)NCCc1c[nH]c2ccccc12. The Hall–Kier alpha value is -2.01. The Bertz CT molecular complexity index is 892. The summed E-state index contributed by atoms with van der Waals surface area (Å²) in [5, 5.41) is 8.57. The fraction of sp³-hybridized carbons (Fsp3) is 0.250. The van der Waals surface area contributed by atoms with Crippen LogP contribution in [0.4, 0.5) is 0 Å². The van der Waals surface area contributed by atoms with E-state index in [0.717, 1.165) is 23.9 Å². The maximum absolute atomic E-state index is 11.9. The number of carbonyl (C=O) groups excluding carboxylic acids is 1. The van der Waals surface area contributed by atoms with Crippen LogP contribution in [-0.4, -0.2) is 30.5 Å². The number of aromatic amines is 1. The Labute approximate surface area is 162 Å². The van der Waals surface area contributed by atoms with E-state index in [1.807, 2.05) is 36.5 Å². The average Bonchev–Trinajstić information content (AvgIpc) is 3.03. The zero-order valence-corrected chi connectivity index (χ0v) is 15.8. The number of aromatic nitrogens is 1. The van der Waals surface area contributed by atoms with Crippen molar-refractivity contribution in [3.63, 3.8) is 0 Å². The lowest BCUT2D eigenvalue weighted by Crippen LogP contribution is -2.35. The summed E-state index contributed by atoms with van der Waals surface area (Å²) in [4.78, 5) is 15.2. The molecular weight excluding hydrogens is 369 g/mol. The lowest BCUT2D eigenvalue weighted by atomic mass is 10.1. The maximum Gasteiger partial charge on any atom is 0.233 e. The van der Waals surface area contributed by atoms with Gasteiger partial charge in [-0.3, -0.25) is 4.79 Å². The van der Waals surface area contributed by atoms with Crippen LogP contribution in [0, 0.1) is 0 Å². The number of fused-ring (bicyclic) bond motifs is 1. The smallest absolute Gasteiger partial charge is 0.233 e. The molecule has 3 rings (SSSR count). The van der Waals surface area contributed by atoms with E-state index >= 15 is 0 Å². The first-order valence-electron chi connectivity index (χ1n) is 8.60. The van der Waals surface area contributed by atoms with Crippen LogP contribution in [0.15, 0.2) is 48.7 Å². The fourth-order valence-corrected chi connectivity index (χ4v) is 3.39. The molecule has 0 aliphatic heterocycles. The Morgan fingerprint density at radius 3 is 2.65 bits per heavy atom. The third-order valence-electron chi connectivity index (χ3n) is 4.26. The van der Waals surface area contributed by atoms with Crippen molar-refractivity contribution in [2.75, 3.05) is 19.6 Å². The van der Waals surface area contributed by atoms with E-state index in [4.69, 9.17) is 23.2 Å². The number of nitrogens with one attached hydrogen (secondary N) is 3. The molecule has 0 unspecified atom stereocenters. The van der Waals surface area contributed by atoms with Crippen LogP contribution < -0.4 is 10.6 Å². The molecule has 0 atom stereocenters. The molecule has 0 spiro atoms. The van der Waals surface area contributed by atoms with Gasteiger partial charge in [0.25, 0.3) is 0 Å². The molecule has 0 bridgehead atoms. The highest BCUT2D eigenvalue weighted by Crippen LogP contribution is 2.21. The highest BCUT2D eigenvalue weighted by atomic mass is 35.5. The molecule has 6 heteroatoms. The number of H-pyrrole nitrogens is 1. The molecule has 3 aromatic rings. The van der Waals surface area contributed by atoms with Crippen LogP contribution in [0.2, 0.25) is 10.0 Å². The van der Waals surface area contributed by atoms with E-state index in [-0.39, 0.29) is 5.91 Å². The summed E-state index contributed by atoms with van der Waals surface area (Å²) in [6.45, 7) is 1.59. The number of hydrogen-bond donors (Lipinski definition) is 3. The molecule has 26 heavy (non-hydrogen) atoms. The van der Waals surface area contributed by atoms with Crippen molar-refractivity contribution in [2.45, 2.75) is 12.8 Å². The molecule has 3 N–H and O–H groups in total. The number of rotatable bonds is 8. The number of carbonyl (C=O) groups is 1. The van der Waals surface area contributed by atoms with Gasteiger partial charge >= 0.3 is 0 Å². The average molecular weight is 390 g/mol. The highest BCUT2D eigenvalue weighted by Gasteiger charge is 2.05. The van der Waals surface area contributed by atoms with Gasteiger partial charge in [0, 0.05) is 33.7 Å². The molecule has 0 saturated carbocycles. The van der Waals surface area contributed by atoms with E-state index in [1.54, 1.807) is 6.07 Å². The second-order valence-electron chi connectivity index (χ2n) is 6.12. The zero-order chi connectivity index (χ0) is 18.4. The van der Waals surface area contributed by atoms with Crippen molar-refractivity contribution in [2.24, 2.45) is 0 Å². The van der Waals surface area contributed by atoms with Crippen LogP contribution in [0.5, 0.6) is 0 Å². The third-order valence-corrected chi connectivity index (χ3v) is 4.85. The van der Waals surface area contributed by atoms with Gasteiger partial charge in [-0.05, 0) is 48.7 Å². The quantitative estimate of drug-likeness (QED) is 0.510. The summed E-state index contributed by atoms with van der Waals surface area (Å²) in [5.74, 6) is -0.00737. The van der Waals surface area contributed by atoms with Crippen LogP contribution in [0.25, 0.3) is 10.9 Å². The second kappa shape index (κ2) is 9.08. The van der Waals surface area contributed by atoms with Crippen LogP contribution in [0.3, 0.4) is 0 Å². The predicted octanol–water partition coefficient (Wildman–Crippen LogP) is 3.97. The van der Waals surface area contributed by atoms with Crippen molar-refractivity contribution in [3.05, 3.63) is 69.8 Å². The number of amides is 1. The van der Waals surface area contributed by atoms with Gasteiger partial charge in [0.15, 0.2) is 0 Å². The van der Waals surface area contributed by atoms with Gasteiger partial charge in [0.2, 0.25) is 5.91 Å². The molecule has 2 aromatic carbocycles. The van der Waals surface area contributed by atoms with Crippen molar-refractivity contribution in [1.82, 2.24) is 15.6 Å². The normalized spacial score (nSPS) is 11.0. The molecule has 0 aliphatic carbocycles. The van der Waals surface area contributed by atoms with Crippen LogP contribution in [0.1, 0.15) is 11.1 Å². The number of hydrogen-bond acceptors (Lipinski definition) is 2. The summed E-state index contributed by atoms with van der Waals surface area (Å²) in [5.41, 5.74) is 3.35. The Kier molecular flexibility index (Phi) is 6.56. The first kappa shape index (κ1) is 18.8. The van der Waals surface area contributed by atoms with Crippen molar-refractivity contribution < 1.29 is 4.79 Å². The fourth-order valence-electron chi connectivity index (χ4n) is 2.89. The summed E-state index contributed by atoms with van der Waals surface area (Å²) in [7, 11) is 0. The van der Waals surface area contributed by atoms with Gasteiger partial charge in [-0.15, -0.1) is 0 Å². The summed E-state index contributed by atoms with van der Waals surface area (Å²) < 4.78 is 0. The van der Waals surface area contributed by atoms with E-state index < -0.39 is 0 Å². The molecule has 0 radical (unpaired) electrons. The summed E-state index contributed by atoms with van der Waals surface area (Å²) in [6, 6.07) is 13.6. The molecule has 1 amide bonds. The lowest BCUT2D eigenvalue weighted by Gasteiger charge is -2.08. The van der Waals surface area contributed by atoms with E-state index in [2.05, 4.69) is 21.7 Å². The van der Waals surface area contributed by atoms with Crippen molar-refractivity contribution >= 4 is 40.0 Å². The topological polar surface area (TPSA) is 56.9 Å².